The third kappa shape index (κ3) is 6.73. The molecule has 1 unspecified atom stereocenters. The van der Waals surface area contributed by atoms with E-state index in [4.69, 9.17) is 5.11 Å². The van der Waals surface area contributed by atoms with Gasteiger partial charge in [-0.1, -0.05) is 49.4 Å². The van der Waals surface area contributed by atoms with Gasteiger partial charge in [0, 0.05) is 18.8 Å². The molecule has 1 aliphatic rings. The van der Waals surface area contributed by atoms with Crippen LogP contribution in [0, 0.1) is 6.92 Å². The van der Waals surface area contributed by atoms with Crippen molar-refractivity contribution in [1.82, 2.24) is 9.88 Å². The number of carboxylic acid groups (broad SMARTS) is 1. The zero-order chi connectivity index (χ0) is 26.4. The Morgan fingerprint density at radius 1 is 1.08 bits per heavy atom. The summed E-state index contributed by atoms with van der Waals surface area (Å²) in [5.74, 6) is -1.16. The topological polar surface area (TPSA) is 112 Å². The Labute approximate surface area is 216 Å². The van der Waals surface area contributed by atoms with Crippen LogP contribution in [-0.2, 0) is 16.1 Å². The highest BCUT2D eigenvalue weighted by atomic mass is 16.4. The quantitative estimate of drug-likeness (QED) is 0.377. The third-order valence-electron chi connectivity index (χ3n) is 6.73. The van der Waals surface area contributed by atoms with Gasteiger partial charge >= 0.3 is 12.0 Å². The average Bonchev–Trinajstić information content (AvgIpc) is 2.87. The lowest BCUT2D eigenvalue weighted by Crippen LogP contribution is -2.39. The number of benzene rings is 2. The molecule has 1 aliphatic heterocycles. The van der Waals surface area contributed by atoms with Gasteiger partial charge in [-0.2, -0.15) is 0 Å². The first-order valence-electron chi connectivity index (χ1n) is 12.5. The minimum atomic E-state index is -0.815. The van der Waals surface area contributed by atoms with Crippen LogP contribution >= 0.6 is 0 Å². The number of hydrogen-bond donors (Lipinski definition) is 3. The summed E-state index contributed by atoms with van der Waals surface area (Å²) in [6, 6.07) is 18.6. The van der Waals surface area contributed by atoms with Gasteiger partial charge in [0.2, 0.25) is 5.91 Å². The fourth-order valence-electron chi connectivity index (χ4n) is 4.61. The predicted octanol–water partition coefficient (Wildman–Crippen LogP) is 5.52. The zero-order valence-electron chi connectivity index (χ0n) is 21.1. The molecule has 2 atom stereocenters. The van der Waals surface area contributed by atoms with Crippen LogP contribution < -0.4 is 10.6 Å². The van der Waals surface area contributed by atoms with E-state index in [1.807, 2.05) is 67.3 Å². The van der Waals surface area contributed by atoms with Crippen molar-refractivity contribution in [2.24, 2.45) is 0 Å². The summed E-state index contributed by atoms with van der Waals surface area (Å²) in [5, 5.41) is 14.6. The number of aromatic nitrogens is 1. The summed E-state index contributed by atoms with van der Waals surface area (Å²) in [6.45, 7) is 5.01. The molecule has 0 spiro atoms. The van der Waals surface area contributed by atoms with Crippen molar-refractivity contribution in [3.63, 3.8) is 0 Å². The van der Waals surface area contributed by atoms with Gasteiger partial charge in [-0.15, -0.1) is 0 Å². The third-order valence-corrected chi connectivity index (χ3v) is 6.73. The number of carboxylic acids is 1. The largest absolute Gasteiger partial charge is 0.481 e. The normalized spacial score (nSPS) is 16.2. The molecule has 37 heavy (non-hydrogen) atoms. The summed E-state index contributed by atoms with van der Waals surface area (Å²) < 4.78 is 0. The number of rotatable bonds is 8. The number of anilines is 2. The Kier molecular flexibility index (Phi) is 8.18. The number of hydrogen-bond acceptors (Lipinski definition) is 4. The molecule has 0 radical (unpaired) electrons. The fourth-order valence-corrected chi connectivity index (χ4v) is 4.61. The minimum absolute atomic E-state index is 0.0417. The van der Waals surface area contributed by atoms with Gasteiger partial charge in [0.25, 0.3) is 0 Å². The van der Waals surface area contributed by atoms with Gasteiger partial charge in [-0.05, 0) is 60.6 Å². The number of nitrogens with zero attached hydrogens (tertiary/aromatic N) is 2. The number of carbonyl (C=O) groups excluding carboxylic acids is 2. The van der Waals surface area contributed by atoms with Crippen LogP contribution in [0.2, 0.25) is 0 Å². The molecule has 192 valence electrons. The minimum Gasteiger partial charge on any atom is -0.481 e. The first-order chi connectivity index (χ1) is 17.8. The Morgan fingerprint density at radius 2 is 1.84 bits per heavy atom. The maximum absolute atomic E-state index is 13.3. The van der Waals surface area contributed by atoms with E-state index < -0.39 is 5.97 Å². The summed E-state index contributed by atoms with van der Waals surface area (Å²) in [5.41, 5.74) is 4.92. The second-order valence-corrected chi connectivity index (χ2v) is 9.56. The second-order valence-electron chi connectivity index (χ2n) is 9.56. The van der Waals surface area contributed by atoms with Crippen molar-refractivity contribution < 1.29 is 19.5 Å². The molecular weight excluding hydrogens is 468 g/mol. The van der Waals surface area contributed by atoms with Gasteiger partial charge < -0.3 is 20.6 Å². The molecule has 0 saturated carbocycles. The SMILES string of the molecule is Cc1ccccc1NC(=O)Nc1ccc(C2CCCN(Cc3ccc([C@H](C)CC(=O)O)cc3)C2=O)nc1. The first-order valence-corrected chi connectivity index (χ1v) is 12.5. The maximum atomic E-state index is 13.3. The van der Waals surface area contributed by atoms with Crippen molar-refractivity contribution in [3.05, 3.63) is 89.2 Å². The van der Waals surface area contributed by atoms with Crippen molar-refractivity contribution in [2.75, 3.05) is 17.2 Å². The van der Waals surface area contributed by atoms with Gasteiger partial charge in [0.1, 0.15) is 0 Å². The molecule has 1 fully saturated rings. The number of amides is 3. The number of piperidine rings is 1. The summed E-state index contributed by atoms with van der Waals surface area (Å²) in [4.78, 5) is 42.9. The number of aliphatic carboxylic acids is 1. The summed E-state index contributed by atoms with van der Waals surface area (Å²) in [7, 11) is 0. The van der Waals surface area contributed by atoms with Crippen LogP contribution in [0.1, 0.15) is 60.4 Å². The lowest BCUT2D eigenvalue weighted by atomic mass is 9.92. The van der Waals surface area contributed by atoms with E-state index in [9.17, 15) is 14.4 Å². The van der Waals surface area contributed by atoms with E-state index in [0.29, 0.717) is 24.5 Å². The molecule has 2 aromatic carbocycles. The van der Waals surface area contributed by atoms with Crippen molar-refractivity contribution >= 4 is 29.3 Å². The smallest absolute Gasteiger partial charge is 0.323 e. The molecule has 1 aromatic heterocycles. The highest BCUT2D eigenvalue weighted by Gasteiger charge is 2.31. The Balaban J connectivity index is 1.35. The van der Waals surface area contributed by atoms with Crippen molar-refractivity contribution in [1.29, 1.82) is 0 Å². The first kappa shape index (κ1) is 25.9. The number of pyridine rings is 1. The fraction of sp³-hybridized carbons (Fsp3) is 0.310. The molecule has 8 nitrogen and oxygen atoms in total. The van der Waals surface area contributed by atoms with Crippen LogP contribution in [-0.4, -0.2) is 39.4 Å². The van der Waals surface area contributed by atoms with E-state index in [1.165, 1.54) is 0 Å². The highest BCUT2D eigenvalue weighted by molar-refractivity contribution is 6.00. The second kappa shape index (κ2) is 11.7. The molecule has 3 amide bonds. The Bertz CT molecular complexity index is 1260. The van der Waals surface area contributed by atoms with Crippen LogP contribution in [0.3, 0.4) is 0 Å². The number of likely N-dealkylation sites (tertiary alicyclic amines) is 1. The van der Waals surface area contributed by atoms with Gasteiger partial charge in [-0.25, -0.2) is 4.79 Å². The van der Waals surface area contributed by atoms with Gasteiger partial charge in [-0.3, -0.25) is 14.6 Å². The van der Waals surface area contributed by atoms with E-state index in [0.717, 1.165) is 35.2 Å². The van der Waals surface area contributed by atoms with Crippen molar-refractivity contribution in [2.45, 2.75) is 51.5 Å². The molecule has 3 aromatic rings. The molecule has 3 N–H and O–H groups in total. The number of para-hydroxylation sites is 1. The number of urea groups is 1. The highest BCUT2D eigenvalue weighted by Crippen LogP contribution is 2.29. The molecular formula is C29H32N4O4. The van der Waals surface area contributed by atoms with Gasteiger partial charge in [0.05, 0.1) is 29.9 Å². The van der Waals surface area contributed by atoms with Gasteiger partial charge in [0.15, 0.2) is 0 Å². The van der Waals surface area contributed by atoms with Crippen LogP contribution in [0.5, 0.6) is 0 Å². The maximum Gasteiger partial charge on any atom is 0.323 e. The molecule has 8 heteroatoms. The zero-order valence-corrected chi connectivity index (χ0v) is 21.1. The van der Waals surface area contributed by atoms with Crippen molar-refractivity contribution in [3.8, 4) is 0 Å². The Morgan fingerprint density at radius 3 is 2.51 bits per heavy atom. The van der Waals surface area contributed by atoms with E-state index in [-0.39, 0.29) is 30.2 Å². The summed E-state index contributed by atoms with van der Waals surface area (Å²) in [6.07, 6.45) is 3.28. The molecule has 1 saturated heterocycles. The summed E-state index contributed by atoms with van der Waals surface area (Å²) >= 11 is 0. The predicted molar refractivity (Wildman–Crippen MR) is 143 cm³/mol. The molecule has 0 aliphatic carbocycles. The van der Waals surface area contributed by atoms with E-state index in [2.05, 4.69) is 15.6 Å². The monoisotopic (exact) mass is 500 g/mol. The average molecular weight is 501 g/mol. The number of carbonyl (C=O) groups is 3. The van der Waals surface area contributed by atoms with Crippen LogP contribution in [0.15, 0.2) is 66.9 Å². The Hall–Kier alpha value is -4.20. The van der Waals surface area contributed by atoms with Crippen LogP contribution in [0.4, 0.5) is 16.2 Å². The van der Waals surface area contributed by atoms with Crippen LogP contribution in [0.25, 0.3) is 0 Å². The molecule has 0 bridgehead atoms. The molecule has 4 rings (SSSR count). The number of aryl methyl sites for hydroxylation is 1. The molecule has 2 heterocycles. The number of nitrogens with one attached hydrogen (secondary N) is 2. The van der Waals surface area contributed by atoms with E-state index >= 15 is 0 Å². The standard InChI is InChI=1S/C29H32N4O4/c1-19-6-3-4-8-25(19)32-29(37)31-23-13-14-26(30-17-23)24-7-5-15-33(28(24)36)18-21-9-11-22(12-10-21)20(2)16-27(34)35/h3-4,6,8-14,17,20,24H,5,7,15-16,18H2,1-2H3,(H,34,35)(H2,31,32,37)/t20-,24?/m1/s1. The lowest BCUT2D eigenvalue weighted by molar-refractivity contribution is -0.137. The lowest BCUT2D eigenvalue weighted by Gasteiger charge is -2.32. The van der Waals surface area contributed by atoms with E-state index in [1.54, 1.807) is 18.3 Å².